The molecule has 0 aliphatic carbocycles. The molecule has 1 heterocycles. The van der Waals surface area contributed by atoms with Crippen LogP contribution in [0.1, 0.15) is 31.0 Å². The maximum absolute atomic E-state index is 5.63. The highest BCUT2D eigenvalue weighted by Gasteiger charge is 2.12. The lowest BCUT2D eigenvalue weighted by Crippen LogP contribution is -2.05. The minimum absolute atomic E-state index is 0.544. The van der Waals surface area contributed by atoms with Crippen LogP contribution in [0.2, 0.25) is 0 Å². The SMILES string of the molecule is CC(C)c1c(CCN)[nH]c2ccccc12. The maximum Gasteiger partial charge on any atom is 0.0459 e. The molecule has 1 aromatic heterocycles. The number of nitrogens with two attached hydrogens (primary N) is 1. The van der Waals surface area contributed by atoms with Gasteiger partial charge in [-0.05, 0) is 24.1 Å². The van der Waals surface area contributed by atoms with Crippen molar-refractivity contribution in [2.24, 2.45) is 5.73 Å². The average Bonchev–Trinajstić information content (AvgIpc) is 2.56. The van der Waals surface area contributed by atoms with Crippen LogP contribution in [-0.4, -0.2) is 11.5 Å². The molecule has 0 aliphatic heterocycles. The first-order valence-corrected chi connectivity index (χ1v) is 5.53. The van der Waals surface area contributed by atoms with Crippen LogP contribution in [0.25, 0.3) is 10.9 Å². The number of fused-ring (bicyclic) bond motifs is 1. The third-order valence-electron chi connectivity index (χ3n) is 2.80. The Balaban J connectivity index is 2.63. The zero-order chi connectivity index (χ0) is 10.8. The first-order valence-electron chi connectivity index (χ1n) is 5.53. The predicted octanol–water partition coefficient (Wildman–Crippen LogP) is 2.79. The highest BCUT2D eigenvalue weighted by Crippen LogP contribution is 2.29. The molecule has 0 amide bonds. The van der Waals surface area contributed by atoms with Gasteiger partial charge < -0.3 is 10.7 Å². The van der Waals surface area contributed by atoms with E-state index in [9.17, 15) is 0 Å². The molecule has 2 nitrogen and oxygen atoms in total. The summed E-state index contributed by atoms with van der Waals surface area (Å²) in [6, 6.07) is 8.46. The first-order chi connectivity index (χ1) is 7.24. The number of aromatic amines is 1. The Morgan fingerprint density at radius 1 is 1.27 bits per heavy atom. The molecule has 0 fully saturated rings. The van der Waals surface area contributed by atoms with E-state index in [1.54, 1.807) is 0 Å². The second-order valence-electron chi connectivity index (χ2n) is 4.26. The van der Waals surface area contributed by atoms with Crippen molar-refractivity contribution in [1.82, 2.24) is 4.98 Å². The Morgan fingerprint density at radius 3 is 2.67 bits per heavy atom. The molecule has 80 valence electrons. The fourth-order valence-corrected chi connectivity index (χ4v) is 2.22. The lowest BCUT2D eigenvalue weighted by atomic mass is 9.98. The van der Waals surface area contributed by atoms with E-state index in [1.807, 2.05) is 0 Å². The molecule has 0 unspecified atom stereocenters. The molecule has 0 aliphatic rings. The molecule has 0 bridgehead atoms. The molecule has 2 heteroatoms. The van der Waals surface area contributed by atoms with E-state index in [2.05, 4.69) is 43.1 Å². The Bertz CT molecular complexity index is 455. The smallest absolute Gasteiger partial charge is 0.0459 e. The van der Waals surface area contributed by atoms with E-state index < -0.39 is 0 Å². The number of hydrogen-bond acceptors (Lipinski definition) is 1. The summed E-state index contributed by atoms with van der Waals surface area (Å²) in [6.07, 6.45) is 0.933. The van der Waals surface area contributed by atoms with E-state index in [0.29, 0.717) is 12.5 Å². The normalized spacial score (nSPS) is 11.5. The number of para-hydroxylation sites is 1. The van der Waals surface area contributed by atoms with Gasteiger partial charge in [-0.15, -0.1) is 0 Å². The molecular weight excluding hydrogens is 184 g/mol. The molecule has 0 spiro atoms. The van der Waals surface area contributed by atoms with E-state index in [0.717, 1.165) is 6.42 Å². The molecule has 2 rings (SSSR count). The van der Waals surface area contributed by atoms with Crippen LogP contribution in [0.15, 0.2) is 24.3 Å². The third-order valence-corrected chi connectivity index (χ3v) is 2.80. The van der Waals surface area contributed by atoms with E-state index in [4.69, 9.17) is 5.73 Å². The zero-order valence-corrected chi connectivity index (χ0v) is 9.38. The molecule has 0 atom stereocenters. The summed E-state index contributed by atoms with van der Waals surface area (Å²) in [7, 11) is 0. The molecule has 3 N–H and O–H groups in total. The number of nitrogens with one attached hydrogen (secondary N) is 1. The summed E-state index contributed by atoms with van der Waals surface area (Å²) >= 11 is 0. The fourth-order valence-electron chi connectivity index (χ4n) is 2.22. The summed E-state index contributed by atoms with van der Waals surface area (Å²) in [6.45, 7) is 5.16. The van der Waals surface area contributed by atoms with Gasteiger partial charge in [-0.3, -0.25) is 0 Å². The third kappa shape index (κ3) is 1.77. The van der Waals surface area contributed by atoms with E-state index in [-0.39, 0.29) is 0 Å². The minimum atomic E-state index is 0.544. The summed E-state index contributed by atoms with van der Waals surface area (Å²) in [5.41, 5.74) is 9.58. The highest BCUT2D eigenvalue weighted by molar-refractivity contribution is 5.85. The van der Waals surface area contributed by atoms with E-state index >= 15 is 0 Å². The standard InChI is InChI=1S/C13H18N2/c1-9(2)13-10-5-3-4-6-11(10)15-12(13)7-8-14/h3-6,9,15H,7-8,14H2,1-2H3. The van der Waals surface area contributed by atoms with Crippen LogP contribution < -0.4 is 5.73 Å². The van der Waals surface area contributed by atoms with Crippen molar-refractivity contribution >= 4 is 10.9 Å². The van der Waals surface area contributed by atoms with Crippen molar-refractivity contribution in [3.8, 4) is 0 Å². The van der Waals surface area contributed by atoms with Crippen LogP contribution in [0.5, 0.6) is 0 Å². The van der Waals surface area contributed by atoms with Gasteiger partial charge in [0.15, 0.2) is 0 Å². The highest BCUT2D eigenvalue weighted by atomic mass is 14.7. The van der Waals surface area contributed by atoms with Crippen molar-refractivity contribution in [3.63, 3.8) is 0 Å². The number of H-pyrrole nitrogens is 1. The van der Waals surface area contributed by atoms with Gasteiger partial charge >= 0.3 is 0 Å². The Kier molecular flexibility index (Phi) is 2.78. The number of benzene rings is 1. The maximum atomic E-state index is 5.63. The molecular formula is C13H18N2. The van der Waals surface area contributed by atoms with Crippen molar-refractivity contribution in [1.29, 1.82) is 0 Å². The van der Waals surface area contributed by atoms with Crippen molar-refractivity contribution in [3.05, 3.63) is 35.5 Å². The van der Waals surface area contributed by atoms with Gasteiger partial charge in [0.05, 0.1) is 0 Å². The van der Waals surface area contributed by atoms with Crippen molar-refractivity contribution in [2.75, 3.05) is 6.54 Å². The second kappa shape index (κ2) is 4.07. The van der Waals surface area contributed by atoms with Gasteiger partial charge in [-0.25, -0.2) is 0 Å². The minimum Gasteiger partial charge on any atom is -0.358 e. The zero-order valence-electron chi connectivity index (χ0n) is 9.38. The number of rotatable bonds is 3. The molecule has 1 aromatic carbocycles. The molecule has 0 saturated heterocycles. The van der Waals surface area contributed by atoms with Crippen LogP contribution >= 0.6 is 0 Å². The average molecular weight is 202 g/mol. The Hall–Kier alpha value is -1.28. The van der Waals surface area contributed by atoms with Gasteiger partial charge in [0.1, 0.15) is 0 Å². The second-order valence-corrected chi connectivity index (χ2v) is 4.26. The van der Waals surface area contributed by atoms with Gasteiger partial charge in [0, 0.05) is 23.0 Å². The summed E-state index contributed by atoms with van der Waals surface area (Å²) in [5, 5.41) is 1.34. The van der Waals surface area contributed by atoms with Gasteiger partial charge in [0.2, 0.25) is 0 Å². The number of hydrogen-bond donors (Lipinski definition) is 2. The topological polar surface area (TPSA) is 41.8 Å². The van der Waals surface area contributed by atoms with Crippen molar-refractivity contribution < 1.29 is 0 Å². The predicted molar refractivity (Wildman–Crippen MR) is 65.1 cm³/mol. The summed E-state index contributed by atoms with van der Waals surface area (Å²) in [4.78, 5) is 3.47. The largest absolute Gasteiger partial charge is 0.358 e. The molecule has 0 saturated carbocycles. The first kappa shape index (κ1) is 10.2. The van der Waals surface area contributed by atoms with Crippen LogP contribution in [0.3, 0.4) is 0 Å². The van der Waals surface area contributed by atoms with Crippen LogP contribution in [0, 0.1) is 0 Å². The van der Waals surface area contributed by atoms with Gasteiger partial charge in [0.25, 0.3) is 0 Å². The molecule has 15 heavy (non-hydrogen) atoms. The Morgan fingerprint density at radius 2 is 2.00 bits per heavy atom. The lowest BCUT2D eigenvalue weighted by molar-refractivity contribution is 0.831. The summed E-state index contributed by atoms with van der Waals surface area (Å²) in [5.74, 6) is 0.544. The van der Waals surface area contributed by atoms with Crippen LogP contribution in [-0.2, 0) is 6.42 Å². The van der Waals surface area contributed by atoms with Crippen molar-refractivity contribution in [2.45, 2.75) is 26.2 Å². The Labute approximate surface area is 90.5 Å². The summed E-state index contributed by atoms with van der Waals surface area (Å²) < 4.78 is 0. The molecule has 0 radical (unpaired) electrons. The number of aromatic nitrogens is 1. The quantitative estimate of drug-likeness (QED) is 0.789. The molecule has 2 aromatic rings. The van der Waals surface area contributed by atoms with Crippen LogP contribution in [0.4, 0.5) is 0 Å². The van der Waals surface area contributed by atoms with E-state index in [1.165, 1.54) is 22.2 Å². The monoisotopic (exact) mass is 202 g/mol. The van der Waals surface area contributed by atoms with Gasteiger partial charge in [-0.2, -0.15) is 0 Å². The lowest BCUT2D eigenvalue weighted by Gasteiger charge is -2.07. The van der Waals surface area contributed by atoms with Gasteiger partial charge in [-0.1, -0.05) is 32.0 Å². The fraction of sp³-hybridized carbons (Fsp3) is 0.385.